The number of hydrogen-bond donors (Lipinski definition) is 2. The molecule has 20 heavy (non-hydrogen) atoms. The van der Waals surface area contributed by atoms with Gasteiger partial charge in [0.2, 0.25) is 5.91 Å². The van der Waals surface area contributed by atoms with Crippen LogP contribution in [0.1, 0.15) is 38.2 Å². The molecule has 1 aliphatic carbocycles. The lowest BCUT2D eigenvalue weighted by molar-refractivity contribution is -0.121. The SMILES string of the molecule is CC1CCC(C(=O)Nc2ccc(Br)cc2C(N)=S)CC1. The average Bonchev–Trinajstić information content (AvgIpc) is 2.41. The zero-order valence-corrected chi connectivity index (χ0v) is 13.9. The fourth-order valence-electron chi connectivity index (χ4n) is 2.59. The number of rotatable bonds is 3. The highest BCUT2D eigenvalue weighted by molar-refractivity contribution is 9.10. The Bertz CT molecular complexity index is 525. The van der Waals surface area contributed by atoms with Crippen LogP contribution in [0.3, 0.4) is 0 Å². The Morgan fingerprint density at radius 2 is 2.00 bits per heavy atom. The topological polar surface area (TPSA) is 55.1 Å². The highest BCUT2D eigenvalue weighted by Crippen LogP contribution is 2.30. The van der Waals surface area contributed by atoms with Gasteiger partial charge in [-0.15, -0.1) is 0 Å². The second kappa shape index (κ2) is 6.68. The number of hydrogen-bond acceptors (Lipinski definition) is 2. The standard InChI is InChI=1S/C15H19BrN2OS/c1-9-2-4-10(5-3-9)15(19)18-13-7-6-11(16)8-12(13)14(17)20/h6-10H,2-5H2,1H3,(H2,17,20)(H,18,19). The fourth-order valence-corrected chi connectivity index (χ4v) is 3.12. The van der Waals surface area contributed by atoms with Crippen molar-refractivity contribution in [1.82, 2.24) is 0 Å². The molecule has 0 unspecified atom stereocenters. The summed E-state index contributed by atoms with van der Waals surface area (Å²) in [5.41, 5.74) is 7.11. The van der Waals surface area contributed by atoms with Crippen molar-refractivity contribution in [3.8, 4) is 0 Å². The number of halogens is 1. The normalized spacial score (nSPS) is 22.3. The smallest absolute Gasteiger partial charge is 0.227 e. The van der Waals surface area contributed by atoms with Crippen LogP contribution in [0.25, 0.3) is 0 Å². The summed E-state index contributed by atoms with van der Waals surface area (Å²) >= 11 is 8.43. The van der Waals surface area contributed by atoms with Gasteiger partial charge in [-0.1, -0.05) is 35.1 Å². The minimum Gasteiger partial charge on any atom is -0.389 e. The fraction of sp³-hybridized carbons (Fsp3) is 0.467. The minimum atomic E-state index is 0.0803. The molecule has 0 spiro atoms. The molecule has 3 nitrogen and oxygen atoms in total. The van der Waals surface area contributed by atoms with Crippen LogP contribution in [0, 0.1) is 11.8 Å². The summed E-state index contributed by atoms with van der Waals surface area (Å²) in [6.45, 7) is 2.24. The molecular formula is C15H19BrN2OS. The third-order valence-electron chi connectivity index (χ3n) is 3.89. The van der Waals surface area contributed by atoms with Crippen LogP contribution >= 0.6 is 28.1 Å². The Morgan fingerprint density at radius 1 is 1.35 bits per heavy atom. The third kappa shape index (κ3) is 3.79. The molecule has 0 radical (unpaired) electrons. The first-order chi connectivity index (χ1) is 9.47. The molecule has 0 saturated heterocycles. The zero-order valence-electron chi connectivity index (χ0n) is 11.5. The van der Waals surface area contributed by atoms with Crippen LogP contribution in [0.5, 0.6) is 0 Å². The summed E-state index contributed by atoms with van der Waals surface area (Å²) in [6, 6.07) is 5.54. The van der Waals surface area contributed by atoms with Crippen molar-refractivity contribution in [2.75, 3.05) is 5.32 Å². The molecule has 3 N–H and O–H groups in total. The lowest BCUT2D eigenvalue weighted by Gasteiger charge is -2.25. The van der Waals surface area contributed by atoms with Crippen LogP contribution in [-0.4, -0.2) is 10.9 Å². The number of carbonyl (C=O) groups excluding carboxylic acids is 1. The van der Waals surface area contributed by atoms with Crippen molar-refractivity contribution in [1.29, 1.82) is 0 Å². The average molecular weight is 355 g/mol. The number of amides is 1. The zero-order chi connectivity index (χ0) is 14.7. The van der Waals surface area contributed by atoms with Gasteiger partial charge in [0.25, 0.3) is 0 Å². The Hall–Kier alpha value is -0.940. The second-order valence-corrected chi connectivity index (χ2v) is 6.86. The molecule has 0 bridgehead atoms. The van der Waals surface area contributed by atoms with Gasteiger partial charge in [0.15, 0.2) is 0 Å². The highest BCUT2D eigenvalue weighted by Gasteiger charge is 2.24. The Balaban J connectivity index is 2.10. The maximum atomic E-state index is 12.3. The predicted octanol–water partition coefficient (Wildman–Crippen LogP) is 3.85. The molecule has 1 aliphatic rings. The number of nitrogens with one attached hydrogen (secondary N) is 1. The maximum Gasteiger partial charge on any atom is 0.227 e. The Kier molecular flexibility index (Phi) is 5.16. The first kappa shape index (κ1) is 15.4. The summed E-state index contributed by atoms with van der Waals surface area (Å²) in [6.07, 6.45) is 4.18. The summed E-state index contributed by atoms with van der Waals surface area (Å²) in [4.78, 5) is 12.6. The van der Waals surface area contributed by atoms with Crippen molar-refractivity contribution in [2.24, 2.45) is 17.6 Å². The van der Waals surface area contributed by atoms with E-state index >= 15 is 0 Å². The largest absolute Gasteiger partial charge is 0.389 e. The molecular weight excluding hydrogens is 336 g/mol. The summed E-state index contributed by atoms with van der Waals surface area (Å²) in [7, 11) is 0. The summed E-state index contributed by atoms with van der Waals surface area (Å²) in [5.74, 6) is 0.921. The maximum absolute atomic E-state index is 12.3. The van der Waals surface area contributed by atoms with Crippen molar-refractivity contribution in [3.63, 3.8) is 0 Å². The van der Waals surface area contributed by atoms with E-state index in [1.165, 1.54) is 0 Å². The van der Waals surface area contributed by atoms with Crippen molar-refractivity contribution >= 4 is 44.7 Å². The van der Waals surface area contributed by atoms with Crippen molar-refractivity contribution in [2.45, 2.75) is 32.6 Å². The molecule has 108 valence electrons. The Morgan fingerprint density at radius 3 is 2.60 bits per heavy atom. The van der Waals surface area contributed by atoms with Gasteiger partial charge in [-0.05, 0) is 49.8 Å². The van der Waals surface area contributed by atoms with E-state index in [0.29, 0.717) is 16.2 Å². The van der Waals surface area contributed by atoms with Crippen LogP contribution in [0.15, 0.2) is 22.7 Å². The number of nitrogens with two attached hydrogens (primary N) is 1. The van der Waals surface area contributed by atoms with Gasteiger partial charge in [0.1, 0.15) is 4.99 Å². The van der Waals surface area contributed by atoms with Crippen LogP contribution in [0.2, 0.25) is 0 Å². The molecule has 1 fully saturated rings. The molecule has 0 atom stereocenters. The van der Waals surface area contributed by atoms with Crippen molar-refractivity contribution in [3.05, 3.63) is 28.2 Å². The minimum absolute atomic E-state index is 0.0803. The van der Waals surface area contributed by atoms with E-state index in [4.69, 9.17) is 18.0 Å². The van der Waals surface area contributed by atoms with E-state index in [9.17, 15) is 4.79 Å². The predicted molar refractivity (Wildman–Crippen MR) is 89.8 cm³/mol. The van der Waals surface area contributed by atoms with Crippen LogP contribution in [-0.2, 0) is 4.79 Å². The number of benzene rings is 1. The lowest BCUT2D eigenvalue weighted by atomic mass is 9.82. The highest BCUT2D eigenvalue weighted by atomic mass is 79.9. The second-order valence-electron chi connectivity index (χ2n) is 5.50. The molecule has 1 saturated carbocycles. The van der Waals surface area contributed by atoms with Crippen LogP contribution < -0.4 is 11.1 Å². The van der Waals surface area contributed by atoms with Gasteiger partial charge in [-0.2, -0.15) is 0 Å². The molecule has 1 aromatic carbocycles. The molecule has 2 rings (SSSR count). The van der Waals surface area contributed by atoms with Gasteiger partial charge in [0, 0.05) is 16.0 Å². The summed E-state index contributed by atoms with van der Waals surface area (Å²) < 4.78 is 0.893. The van der Waals surface area contributed by atoms with Crippen LogP contribution in [0.4, 0.5) is 5.69 Å². The monoisotopic (exact) mass is 354 g/mol. The van der Waals surface area contributed by atoms with E-state index in [0.717, 1.165) is 36.1 Å². The molecule has 1 amide bonds. The van der Waals surface area contributed by atoms with Gasteiger partial charge < -0.3 is 11.1 Å². The number of anilines is 1. The van der Waals surface area contributed by atoms with Gasteiger partial charge in [-0.3, -0.25) is 4.79 Å². The molecule has 0 aromatic heterocycles. The number of thiocarbonyl (C=S) groups is 1. The molecule has 1 aromatic rings. The van der Waals surface area contributed by atoms with Crippen molar-refractivity contribution < 1.29 is 4.79 Å². The number of carbonyl (C=O) groups is 1. The molecule has 0 aliphatic heterocycles. The third-order valence-corrected chi connectivity index (χ3v) is 4.60. The van der Waals surface area contributed by atoms with Gasteiger partial charge >= 0.3 is 0 Å². The van der Waals surface area contributed by atoms with Gasteiger partial charge in [-0.25, -0.2) is 0 Å². The molecule has 0 heterocycles. The summed E-state index contributed by atoms with van der Waals surface area (Å²) in [5, 5.41) is 2.98. The van der Waals surface area contributed by atoms with E-state index in [1.54, 1.807) is 0 Å². The molecule has 5 heteroatoms. The lowest BCUT2D eigenvalue weighted by Crippen LogP contribution is -2.27. The van der Waals surface area contributed by atoms with E-state index in [2.05, 4.69) is 28.2 Å². The van der Waals surface area contributed by atoms with Gasteiger partial charge in [0.05, 0.1) is 5.69 Å². The Labute approximate surface area is 133 Å². The quantitative estimate of drug-likeness (QED) is 0.810. The first-order valence-corrected chi connectivity index (χ1v) is 8.07. The van der Waals surface area contributed by atoms with E-state index < -0.39 is 0 Å². The van der Waals surface area contributed by atoms with E-state index in [-0.39, 0.29) is 11.8 Å². The van der Waals surface area contributed by atoms with E-state index in [1.807, 2.05) is 18.2 Å². The first-order valence-electron chi connectivity index (χ1n) is 6.87.